The van der Waals surface area contributed by atoms with Crippen molar-refractivity contribution in [2.45, 2.75) is 58.1 Å². The zero-order chi connectivity index (χ0) is 14.4. The first-order valence-corrected chi connectivity index (χ1v) is 8.19. The van der Waals surface area contributed by atoms with Gasteiger partial charge in [-0.25, -0.2) is 0 Å². The lowest BCUT2D eigenvalue weighted by Gasteiger charge is -2.22. The number of hydrogen-bond acceptors (Lipinski definition) is 2. The molecule has 0 spiro atoms. The first kappa shape index (κ1) is 15.8. The Morgan fingerprint density at radius 2 is 2.30 bits per heavy atom. The smallest absolute Gasteiger partial charge is 0.0576 e. The summed E-state index contributed by atoms with van der Waals surface area (Å²) in [5.74, 6) is 0. The maximum atomic E-state index is 6.17. The Bertz CT molecular complexity index is 415. The van der Waals surface area contributed by atoms with Gasteiger partial charge in [0.2, 0.25) is 0 Å². The van der Waals surface area contributed by atoms with Gasteiger partial charge in [0.1, 0.15) is 0 Å². The normalized spacial score (nSPS) is 20.2. The maximum Gasteiger partial charge on any atom is 0.0576 e. The Morgan fingerprint density at radius 3 is 3.00 bits per heavy atom. The average molecular weight is 296 g/mol. The summed E-state index contributed by atoms with van der Waals surface area (Å²) >= 11 is 6.17. The van der Waals surface area contributed by atoms with Crippen molar-refractivity contribution in [2.75, 3.05) is 13.2 Å². The quantitative estimate of drug-likeness (QED) is 0.790. The predicted octanol–water partition coefficient (Wildman–Crippen LogP) is 4.65. The summed E-state index contributed by atoms with van der Waals surface area (Å²) in [6, 6.07) is 6.58. The molecule has 0 amide bonds. The summed E-state index contributed by atoms with van der Waals surface area (Å²) in [4.78, 5) is 0. The molecule has 112 valence electrons. The molecule has 0 aliphatic carbocycles. The molecule has 2 atom stereocenters. The van der Waals surface area contributed by atoms with Gasteiger partial charge in [-0.3, -0.25) is 0 Å². The summed E-state index contributed by atoms with van der Waals surface area (Å²) in [5, 5.41) is 4.49. The van der Waals surface area contributed by atoms with Crippen LogP contribution in [0, 0.1) is 6.92 Å². The molecule has 1 aliphatic rings. The lowest BCUT2D eigenvalue weighted by molar-refractivity contribution is 0.0995. The zero-order valence-electron chi connectivity index (χ0n) is 12.6. The summed E-state index contributed by atoms with van der Waals surface area (Å²) in [6.07, 6.45) is 6.29. The van der Waals surface area contributed by atoms with Gasteiger partial charge in [0.25, 0.3) is 0 Å². The van der Waals surface area contributed by atoms with E-state index in [2.05, 4.69) is 31.3 Å². The van der Waals surface area contributed by atoms with Crippen LogP contribution < -0.4 is 5.32 Å². The highest BCUT2D eigenvalue weighted by atomic mass is 35.5. The number of hydrogen-bond donors (Lipinski definition) is 1. The molecule has 1 aromatic carbocycles. The molecule has 1 aliphatic heterocycles. The Hall–Kier alpha value is -0.570. The maximum absolute atomic E-state index is 6.17. The highest BCUT2D eigenvalue weighted by Crippen LogP contribution is 2.28. The van der Waals surface area contributed by atoms with Crippen molar-refractivity contribution < 1.29 is 4.74 Å². The molecule has 0 saturated carbocycles. The topological polar surface area (TPSA) is 21.3 Å². The summed E-state index contributed by atoms with van der Waals surface area (Å²) < 4.78 is 5.74. The van der Waals surface area contributed by atoms with E-state index < -0.39 is 0 Å². The zero-order valence-corrected chi connectivity index (χ0v) is 13.4. The first-order valence-electron chi connectivity index (χ1n) is 7.81. The van der Waals surface area contributed by atoms with E-state index >= 15 is 0 Å². The molecule has 0 bridgehead atoms. The fraction of sp³-hybridized carbons (Fsp3) is 0.647. The second kappa shape index (κ2) is 8.02. The van der Waals surface area contributed by atoms with Crippen LogP contribution in [0.1, 0.15) is 56.2 Å². The van der Waals surface area contributed by atoms with Gasteiger partial charge in [-0.1, -0.05) is 24.6 Å². The van der Waals surface area contributed by atoms with Crippen molar-refractivity contribution in [2.24, 2.45) is 0 Å². The molecule has 1 aromatic rings. The van der Waals surface area contributed by atoms with E-state index in [1.165, 1.54) is 24.0 Å². The highest BCUT2D eigenvalue weighted by molar-refractivity contribution is 6.30. The molecular weight excluding hydrogens is 270 g/mol. The third-order valence-corrected chi connectivity index (χ3v) is 4.29. The second-order valence-electron chi connectivity index (χ2n) is 5.72. The van der Waals surface area contributed by atoms with Crippen molar-refractivity contribution in [3.05, 3.63) is 34.3 Å². The largest absolute Gasteiger partial charge is 0.378 e. The standard InChI is InChI=1S/C17H26ClNO/c1-3-10-19-17(9-8-15-5-4-11-20-15)16-12-14(18)7-6-13(16)2/h6-7,12,15,17,19H,3-5,8-11H2,1-2H3. The van der Waals surface area contributed by atoms with Crippen LogP contribution in [0.25, 0.3) is 0 Å². The fourth-order valence-corrected chi connectivity index (χ4v) is 3.08. The van der Waals surface area contributed by atoms with Gasteiger partial charge in [0.15, 0.2) is 0 Å². The monoisotopic (exact) mass is 295 g/mol. The SMILES string of the molecule is CCCNC(CCC1CCCO1)c1cc(Cl)ccc1C. The number of ether oxygens (including phenoxy) is 1. The van der Waals surface area contributed by atoms with Crippen LogP contribution in [0.4, 0.5) is 0 Å². The van der Waals surface area contributed by atoms with E-state index in [4.69, 9.17) is 16.3 Å². The number of halogens is 1. The molecule has 2 unspecified atom stereocenters. The third kappa shape index (κ3) is 4.47. The third-order valence-electron chi connectivity index (χ3n) is 4.06. The fourth-order valence-electron chi connectivity index (χ4n) is 2.90. The average Bonchev–Trinajstić information content (AvgIpc) is 2.95. The van der Waals surface area contributed by atoms with E-state index in [9.17, 15) is 0 Å². The predicted molar refractivity (Wildman–Crippen MR) is 85.4 cm³/mol. The van der Waals surface area contributed by atoms with E-state index in [0.29, 0.717) is 12.1 Å². The Kier molecular flexibility index (Phi) is 6.34. The van der Waals surface area contributed by atoms with Crippen molar-refractivity contribution in [1.82, 2.24) is 5.32 Å². The van der Waals surface area contributed by atoms with Crippen molar-refractivity contribution in [3.63, 3.8) is 0 Å². The number of aryl methyl sites for hydroxylation is 1. The molecule has 0 radical (unpaired) electrons. The van der Waals surface area contributed by atoms with Gasteiger partial charge in [-0.2, -0.15) is 0 Å². The van der Waals surface area contributed by atoms with Crippen molar-refractivity contribution in [1.29, 1.82) is 0 Å². The number of rotatable bonds is 7. The van der Waals surface area contributed by atoms with Crippen LogP contribution in [-0.4, -0.2) is 19.3 Å². The van der Waals surface area contributed by atoms with Gasteiger partial charge < -0.3 is 10.1 Å². The molecule has 0 aromatic heterocycles. The highest BCUT2D eigenvalue weighted by Gasteiger charge is 2.19. The summed E-state index contributed by atoms with van der Waals surface area (Å²) in [6.45, 7) is 6.35. The van der Waals surface area contributed by atoms with Crippen LogP contribution >= 0.6 is 11.6 Å². The minimum absolute atomic E-state index is 0.387. The Balaban J connectivity index is 2.02. The minimum Gasteiger partial charge on any atom is -0.378 e. The molecule has 20 heavy (non-hydrogen) atoms. The Morgan fingerprint density at radius 1 is 1.45 bits per heavy atom. The van der Waals surface area contributed by atoms with Crippen LogP contribution in [-0.2, 0) is 4.74 Å². The molecule has 3 heteroatoms. The molecule has 1 fully saturated rings. The molecule has 1 saturated heterocycles. The summed E-state index contributed by atoms with van der Waals surface area (Å²) in [5.41, 5.74) is 2.65. The van der Waals surface area contributed by atoms with Gasteiger partial charge in [-0.05, 0) is 68.8 Å². The molecule has 1 N–H and O–H groups in total. The first-order chi connectivity index (χ1) is 9.70. The van der Waals surface area contributed by atoms with E-state index in [1.807, 2.05) is 6.07 Å². The Labute approximate surface area is 127 Å². The lowest BCUT2D eigenvalue weighted by Crippen LogP contribution is -2.24. The van der Waals surface area contributed by atoms with Gasteiger partial charge in [0.05, 0.1) is 6.10 Å². The van der Waals surface area contributed by atoms with E-state index in [0.717, 1.165) is 37.4 Å². The van der Waals surface area contributed by atoms with E-state index in [-0.39, 0.29) is 0 Å². The molecule has 2 rings (SSSR count). The van der Waals surface area contributed by atoms with Crippen LogP contribution in [0.15, 0.2) is 18.2 Å². The van der Waals surface area contributed by atoms with Gasteiger partial charge >= 0.3 is 0 Å². The molecule has 2 nitrogen and oxygen atoms in total. The van der Waals surface area contributed by atoms with Crippen LogP contribution in [0.2, 0.25) is 5.02 Å². The molecular formula is C17H26ClNO. The number of nitrogens with one attached hydrogen (secondary N) is 1. The number of benzene rings is 1. The lowest BCUT2D eigenvalue weighted by atomic mass is 9.95. The minimum atomic E-state index is 0.387. The van der Waals surface area contributed by atoms with Crippen molar-refractivity contribution in [3.8, 4) is 0 Å². The van der Waals surface area contributed by atoms with E-state index in [1.54, 1.807) is 0 Å². The van der Waals surface area contributed by atoms with Gasteiger partial charge in [0, 0.05) is 17.7 Å². The summed E-state index contributed by atoms with van der Waals surface area (Å²) in [7, 11) is 0. The van der Waals surface area contributed by atoms with Crippen molar-refractivity contribution >= 4 is 11.6 Å². The van der Waals surface area contributed by atoms with Crippen LogP contribution in [0.3, 0.4) is 0 Å². The second-order valence-corrected chi connectivity index (χ2v) is 6.16. The van der Waals surface area contributed by atoms with Gasteiger partial charge in [-0.15, -0.1) is 0 Å². The van der Waals surface area contributed by atoms with Crippen LogP contribution in [0.5, 0.6) is 0 Å². The molecule has 1 heterocycles.